The van der Waals surface area contributed by atoms with E-state index in [1.165, 1.54) is 6.92 Å². The monoisotopic (exact) mass is 275 g/mol. The molecule has 0 saturated heterocycles. The van der Waals surface area contributed by atoms with E-state index in [0.29, 0.717) is 0 Å². The molecule has 1 aliphatic carbocycles. The Balaban J connectivity index is 2.44. The van der Waals surface area contributed by atoms with E-state index in [-0.39, 0.29) is 25.2 Å². The quantitative estimate of drug-likeness (QED) is 0.654. The third-order valence-corrected chi connectivity index (χ3v) is 3.41. The zero-order valence-corrected chi connectivity index (χ0v) is 11.6. The first-order chi connectivity index (χ1) is 9.49. The molecule has 0 fully saturated rings. The van der Waals surface area contributed by atoms with Crippen LogP contribution in [0.2, 0.25) is 0 Å². The number of esters is 1. The third kappa shape index (κ3) is 2.43. The average molecular weight is 275 g/mol. The van der Waals surface area contributed by atoms with Gasteiger partial charge in [-0.3, -0.25) is 9.59 Å². The summed E-state index contributed by atoms with van der Waals surface area (Å²) in [6.07, 6.45) is 0.260. The fraction of sp³-hybridized carbons (Fsp3) is 0.400. The molecule has 1 aliphatic rings. The van der Waals surface area contributed by atoms with Gasteiger partial charge in [0.1, 0.15) is 0 Å². The van der Waals surface area contributed by atoms with Gasteiger partial charge in [0.05, 0.1) is 6.61 Å². The van der Waals surface area contributed by atoms with Crippen LogP contribution >= 0.6 is 0 Å². The van der Waals surface area contributed by atoms with E-state index < -0.39 is 17.4 Å². The van der Waals surface area contributed by atoms with E-state index in [0.717, 1.165) is 11.1 Å². The maximum absolute atomic E-state index is 12.4. The first-order valence-corrected chi connectivity index (χ1v) is 6.55. The van der Waals surface area contributed by atoms with Crippen LogP contribution in [0.15, 0.2) is 24.3 Å². The number of amides is 1. The number of ketones is 1. The van der Waals surface area contributed by atoms with Crippen molar-refractivity contribution in [1.82, 2.24) is 5.32 Å². The van der Waals surface area contributed by atoms with E-state index in [9.17, 15) is 14.4 Å². The van der Waals surface area contributed by atoms with Crippen LogP contribution in [-0.2, 0) is 32.0 Å². The van der Waals surface area contributed by atoms with Crippen LogP contribution in [0.3, 0.4) is 0 Å². The fourth-order valence-corrected chi connectivity index (χ4v) is 2.52. The molecule has 0 aliphatic heterocycles. The van der Waals surface area contributed by atoms with Crippen molar-refractivity contribution in [3.8, 4) is 0 Å². The van der Waals surface area contributed by atoms with Crippen molar-refractivity contribution in [1.29, 1.82) is 0 Å². The summed E-state index contributed by atoms with van der Waals surface area (Å²) in [5, 5.41) is 2.51. The predicted octanol–water partition coefficient (Wildman–Crippen LogP) is 0.792. The van der Waals surface area contributed by atoms with E-state index in [1.54, 1.807) is 6.92 Å². The molecule has 1 aromatic carbocycles. The molecule has 1 amide bonds. The Hall–Kier alpha value is -2.17. The topological polar surface area (TPSA) is 72.5 Å². The van der Waals surface area contributed by atoms with E-state index in [2.05, 4.69) is 5.32 Å². The van der Waals surface area contributed by atoms with Crippen molar-refractivity contribution in [2.45, 2.75) is 32.2 Å². The normalized spacial score (nSPS) is 21.0. The number of nitrogens with one attached hydrogen (secondary N) is 1. The summed E-state index contributed by atoms with van der Waals surface area (Å²) in [7, 11) is 0. The van der Waals surface area contributed by atoms with Crippen LogP contribution in [0, 0.1) is 0 Å². The minimum Gasteiger partial charge on any atom is -0.464 e. The minimum atomic E-state index is -1.59. The lowest BCUT2D eigenvalue weighted by molar-refractivity contribution is -0.157. The van der Waals surface area contributed by atoms with Gasteiger partial charge < -0.3 is 10.1 Å². The second-order valence-corrected chi connectivity index (χ2v) is 4.85. The predicted molar refractivity (Wildman–Crippen MR) is 72.0 cm³/mol. The highest BCUT2D eigenvalue weighted by Gasteiger charge is 2.50. The van der Waals surface area contributed by atoms with Crippen LogP contribution in [0.1, 0.15) is 25.0 Å². The Bertz CT molecular complexity index is 567. The molecule has 5 nitrogen and oxygen atoms in total. The molecule has 5 heteroatoms. The summed E-state index contributed by atoms with van der Waals surface area (Å²) >= 11 is 0. The summed E-state index contributed by atoms with van der Waals surface area (Å²) in [5.74, 6) is -1.44. The first kappa shape index (κ1) is 14.2. The summed E-state index contributed by atoms with van der Waals surface area (Å²) in [6, 6.07) is 7.41. The molecule has 1 N–H and O–H groups in total. The highest BCUT2D eigenvalue weighted by atomic mass is 16.5. The highest BCUT2D eigenvalue weighted by molar-refractivity contribution is 6.12. The second-order valence-electron chi connectivity index (χ2n) is 4.85. The Morgan fingerprint density at radius 2 is 1.95 bits per heavy atom. The summed E-state index contributed by atoms with van der Waals surface area (Å²) < 4.78 is 5.00. The third-order valence-electron chi connectivity index (χ3n) is 3.41. The Morgan fingerprint density at radius 3 is 2.55 bits per heavy atom. The summed E-state index contributed by atoms with van der Waals surface area (Å²) in [5.41, 5.74) is 0.188. The molecule has 2 rings (SSSR count). The Labute approximate surface area is 117 Å². The van der Waals surface area contributed by atoms with Gasteiger partial charge in [-0.05, 0) is 18.1 Å². The SMILES string of the molecule is CCOC(=O)C1(NC(C)=O)Cc2ccccc2CC1=O. The molecule has 1 unspecified atom stereocenters. The van der Waals surface area contributed by atoms with Gasteiger partial charge in [-0.1, -0.05) is 24.3 Å². The van der Waals surface area contributed by atoms with Crippen LogP contribution in [0.4, 0.5) is 0 Å². The van der Waals surface area contributed by atoms with Gasteiger partial charge in [0.2, 0.25) is 11.4 Å². The van der Waals surface area contributed by atoms with Crippen LogP contribution in [-0.4, -0.2) is 29.8 Å². The van der Waals surface area contributed by atoms with Crippen molar-refractivity contribution in [2.75, 3.05) is 6.61 Å². The van der Waals surface area contributed by atoms with E-state index in [4.69, 9.17) is 4.74 Å². The molecule has 0 heterocycles. The maximum atomic E-state index is 12.4. The number of hydrogen-bond acceptors (Lipinski definition) is 4. The van der Waals surface area contributed by atoms with Gasteiger partial charge in [-0.15, -0.1) is 0 Å². The number of benzene rings is 1. The number of carbonyl (C=O) groups is 3. The molecular formula is C15H17NO4. The largest absolute Gasteiger partial charge is 0.464 e. The number of rotatable bonds is 3. The molecule has 0 bridgehead atoms. The zero-order valence-electron chi connectivity index (χ0n) is 11.6. The number of fused-ring (bicyclic) bond motifs is 1. The van der Waals surface area contributed by atoms with E-state index >= 15 is 0 Å². The minimum absolute atomic E-state index is 0.120. The van der Waals surface area contributed by atoms with Crippen molar-refractivity contribution < 1.29 is 19.1 Å². The molecule has 106 valence electrons. The number of carbonyl (C=O) groups excluding carboxylic acids is 3. The molecular weight excluding hydrogens is 258 g/mol. The molecule has 0 spiro atoms. The Morgan fingerprint density at radius 1 is 1.30 bits per heavy atom. The van der Waals surface area contributed by atoms with Crippen molar-refractivity contribution in [3.05, 3.63) is 35.4 Å². The van der Waals surface area contributed by atoms with Gasteiger partial charge in [0, 0.05) is 19.8 Å². The molecule has 0 radical (unpaired) electrons. The zero-order chi connectivity index (χ0) is 14.8. The lowest BCUT2D eigenvalue weighted by atomic mass is 9.76. The molecule has 0 aromatic heterocycles. The van der Waals surface area contributed by atoms with Crippen molar-refractivity contribution in [2.24, 2.45) is 0 Å². The second kappa shape index (κ2) is 5.45. The van der Waals surface area contributed by atoms with Crippen LogP contribution in [0.5, 0.6) is 0 Å². The number of hydrogen-bond donors (Lipinski definition) is 1. The highest BCUT2D eigenvalue weighted by Crippen LogP contribution is 2.27. The molecule has 1 aromatic rings. The summed E-state index contributed by atoms with van der Waals surface area (Å²) in [4.78, 5) is 36.0. The van der Waals surface area contributed by atoms with Gasteiger partial charge in [-0.25, -0.2) is 4.79 Å². The number of Topliss-reactive ketones (excluding diaryl/α,β-unsaturated/α-hetero) is 1. The van der Waals surface area contributed by atoms with Crippen molar-refractivity contribution in [3.63, 3.8) is 0 Å². The van der Waals surface area contributed by atoms with Crippen LogP contribution in [0.25, 0.3) is 0 Å². The first-order valence-electron chi connectivity index (χ1n) is 6.55. The molecule has 1 atom stereocenters. The van der Waals surface area contributed by atoms with Gasteiger partial charge in [0.25, 0.3) is 0 Å². The van der Waals surface area contributed by atoms with Gasteiger partial charge in [-0.2, -0.15) is 0 Å². The standard InChI is InChI=1S/C15H17NO4/c1-3-20-14(19)15(16-10(2)17)9-12-7-5-4-6-11(12)8-13(15)18/h4-7H,3,8-9H2,1-2H3,(H,16,17). The molecule has 0 saturated carbocycles. The Kier molecular flexibility index (Phi) is 3.88. The van der Waals surface area contributed by atoms with Crippen molar-refractivity contribution >= 4 is 17.7 Å². The summed E-state index contributed by atoms with van der Waals surface area (Å²) in [6.45, 7) is 3.12. The lowest BCUT2D eigenvalue weighted by Gasteiger charge is -2.34. The van der Waals surface area contributed by atoms with Crippen LogP contribution < -0.4 is 5.32 Å². The average Bonchev–Trinajstić information content (AvgIpc) is 2.39. The van der Waals surface area contributed by atoms with Gasteiger partial charge >= 0.3 is 5.97 Å². The lowest BCUT2D eigenvalue weighted by Crippen LogP contribution is -2.63. The van der Waals surface area contributed by atoms with Gasteiger partial charge in [0.15, 0.2) is 5.78 Å². The smallest absolute Gasteiger partial charge is 0.340 e. The fourth-order valence-electron chi connectivity index (χ4n) is 2.52. The molecule has 20 heavy (non-hydrogen) atoms. The van der Waals surface area contributed by atoms with E-state index in [1.807, 2.05) is 24.3 Å². The maximum Gasteiger partial charge on any atom is 0.340 e. The number of ether oxygens (including phenoxy) is 1.